The first kappa shape index (κ1) is 15.8. The molecule has 1 N–H and O–H groups in total. The highest BCUT2D eigenvalue weighted by Crippen LogP contribution is 2.29. The summed E-state index contributed by atoms with van der Waals surface area (Å²) in [4.78, 5) is 17.2. The molecule has 0 aliphatic heterocycles. The Bertz CT molecular complexity index is 502. The first-order valence-corrected chi connectivity index (χ1v) is 6.79. The number of hydrogen-bond acceptors (Lipinski definition) is 3. The van der Waals surface area contributed by atoms with Gasteiger partial charge in [0.2, 0.25) is 0 Å². The molecule has 1 fully saturated rings. The van der Waals surface area contributed by atoms with Crippen LogP contribution in [0.3, 0.4) is 0 Å². The number of nitrogens with zero attached hydrogens (tertiary/aromatic N) is 2. The molecule has 1 heterocycles. The topological polar surface area (TPSA) is 53.4 Å². The number of likely N-dealkylation sites (N-methyl/N-ethyl adjacent to an activating group) is 1. The minimum absolute atomic E-state index is 0.0525. The Balaban J connectivity index is 2.12. The van der Waals surface area contributed by atoms with E-state index in [1.165, 1.54) is 4.90 Å². The van der Waals surface area contributed by atoms with Crippen molar-refractivity contribution >= 4 is 5.91 Å². The summed E-state index contributed by atoms with van der Waals surface area (Å²) in [5.74, 6) is -0.477. The van der Waals surface area contributed by atoms with Crippen molar-refractivity contribution in [1.29, 1.82) is 0 Å². The van der Waals surface area contributed by atoms with E-state index in [2.05, 4.69) is 4.98 Å². The zero-order chi connectivity index (χ0) is 15.6. The quantitative estimate of drug-likeness (QED) is 0.913. The molecular formula is C14H17F3N2O2. The molecule has 2 atom stereocenters. The molecule has 1 aliphatic carbocycles. The van der Waals surface area contributed by atoms with Gasteiger partial charge in [-0.15, -0.1) is 0 Å². The highest BCUT2D eigenvalue weighted by atomic mass is 19.4. The Morgan fingerprint density at radius 2 is 2.00 bits per heavy atom. The SMILES string of the molecule is CN(C(=O)c1ccc(C(F)(F)F)cn1)C1CCCCC1O. The molecule has 0 spiro atoms. The molecule has 1 aliphatic rings. The second kappa shape index (κ2) is 6.01. The number of alkyl halides is 3. The molecule has 0 bridgehead atoms. The van der Waals surface area contributed by atoms with Crippen LogP contribution in [-0.4, -0.2) is 40.1 Å². The van der Waals surface area contributed by atoms with E-state index >= 15 is 0 Å². The van der Waals surface area contributed by atoms with E-state index in [1.54, 1.807) is 7.05 Å². The summed E-state index contributed by atoms with van der Waals surface area (Å²) in [7, 11) is 1.54. The van der Waals surface area contributed by atoms with Crippen LogP contribution in [0.25, 0.3) is 0 Å². The Hall–Kier alpha value is -1.63. The predicted octanol–water partition coefficient (Wildman–Crippen LogP) is 2.48. The molecule has 0 radical (unpaired) electrons. The number of aliphatic hydroxyl groups is 1. The number of carbonyl (C=O) groups excluding carboxylic acids is 1. The average molecular weight is 302 g/mol. The summed E-state index contributed by atoms with van der Waals surface area (Å²) in [6.45, 7) is 0. The molecular weight excluding hydrogens is 285 g/mol. The van der Waals surface area contributed by atoms with Crippen LogP contribution in [0.1, 0.15) is 41.7 Å². The van der Waals surface area contributed by atoms with Crippen LogP contribution in [0.2, 0.25) is 0 Å². The number of hydrogen-bond donors (Lipinski definition) is 1. The number of carbonyl (C=O) groups is 1. The molecule has 21 heavy (non-hydrogen) atoms. The van der Waals surface area contributed by atoms with E-state index < -0.39 is 23.8 Å². The van der Waals surface area contributed by atoms with Crippen LogP contribution in [0.5, 0.6) is 0 Å². The van der Waals surface area contributed by atoms with Crippen molar-refractivity contribution in [2.45, 2.75) is 44.0 Å². The molecule has 1 saturated carbocycles. The van der Waals surface area contributed by atoms with Crippen LogP contribution in [-0.2, 0) is 6.18 Å². The predicted molar refractivity (Wildman–Crippen MR) is 69.6 cm³/mol. The van der Waals surface area contributed by atoms with Crippen molar-refractivity contribution in [1.82, 2.24) is 9.88 Å². The molecule has 116 valence electrons. The number of aliphatic hydroxyl groups excluding tert-OH is 1. The third kappa shape index (κ3) is 3.53. The van der Waals surface area contributed by atoms with E-state index in [0.29, 0.717) is 19.0 Å². The summed E-state index contributed by atoms with van der Waals surface area (Å²) >= 11 is 0. The van der Waals surface area contributed by atoms with Crippen molar-refractivity contribution in [2.24, 2.45) is 0 Å². The van der Waals surface area contributed by atoms with Gasteiger partial charge in [0.15, 0.2) is 0 Å². The van der Waals surface area contributed by atoms with Crippen molar-refractivity contribution in [2.75, 3.05) is 7.05 Å². The van der Waals surface area contributed by atoms with Crippen molar-refractivity contribution in [3.63, 3.8) is 0 Å². The van der Waals surface area contributed by atoms with Gasteiger partial charge in [0.25, 0.3) is 5.91 Å². The minimum Gasteiger partial charge on any atom is -0.391 e. The van der Waals surface area contributed by atoms with E-state index in [-0.39, 0.29) is 11.7 Å². The van der Waals surface area contributed by atoms with Crippen LogP contribution >= 0.6 is 0 Å². The largest absolute Gasteiger partial charge is 0.417 e. The van der Waals surface area contributed by atoms with Gasteiger partial charge in [-0.25, -0.2) is 0 Å². The number of rotatable bonds is 2. The smallest absolute Gasteiger partial charge is 0.391 e. The Kier molecular flexibility index (Phi) is 4.51. The first-order chi connectivity index (χ1) is 9.80. The van der Waals surface area contributed by atoms with Gasteiger partial charge in [-0.1, -0.05) is 12.8 Å². The highest BCUT2D eigenvalue weighted by molar-refractivity contribution is 5.92. The third-order valence-electron chi connectivity index (χ3n) is 3.82. The van der Waals surface area contributed by atoms with E-state index in [0.717, 1.165) is 25.0 Å². The average Bonchev–Trinajstić information content (AvgIpc) is 2.45. The molecule has 0 aromatic carbocycles. The fraction of sp³-hybridized carbons (Fsp3) is 0.571. The van der Waals surface area contributed by atoms with E-state index in [9.17, 15) is 23.1 Å². The van der Waals surface area contributed by atoms with Gasteiger partial charge >= 0.3 is 6.18 Å². The van der Waals surface area contributed by atoms with Crippen molar-refractivity contribution in [3.05, 3.63) is 29.6 Å². The van der Waals surface area contributed by atoms with Crippen LogP contribution < -0.4 is 0 Å². The Morgan fingerprint density at radius 1 is 1.33 bits per heavy atom. The third-order valence-corrected chi connectivity index (χ3v) is 3.82. The lowest BCUT2D eigenvalue weighted by Gasteiger charge is -2.35. The van der Waals surface area contributed by atoms with E-state index in [4.69, 9.17) is 0 Å². The van der Waals surface area contributed by atoms with Gasteiger partial charge in [-0.2, -0.15) is 13.2 Å². The van der Waals surface area contributed by atoms with Gasteiger partial charge in [-0.05, 0) is 25.0 Å². The van der Waals surface area contributed by atoms with Gasteiger partial charge in [0.1, 0.15) is 5.69 Å². The minimum atomic E-state index is -4.47. The van der Waals surface area contributed by atoms with Crippen LogP contribution in [0, 0.1) is 0 Å². The zero-order valence-electron chi connectivity index (χ0n) is 11.6. The van der Waals surface area contributed by atoms with Crippen LogP contribution in [0.4, 0.5) is 13.2 Å². The Labute approximate surface area is 120 Å². The fourth-order valence-electron chi connectivity index (χ4n) is 2.56. The summed E-state index contributed by atoms with van der Waals surface area (Å²) < 4.78 is 37.4. The zero-order valence-corrected chi connectivity index (χ0v) is 11.6. The van der Waals surface area contributed by atoms with Crippen LogP contribution in [0.15, 0.2) is 18.3 Å². The normalized spacial score (nSPS) is 22.9. The molecule has 2 unspecified atom stereocenters. The monoisotopic (exact) mass is 302 g/mol. The molecule has 7 heteroatoms. The number of aromatic nitrogens is 1. The van der Waals surface area contributed by atoms with Crippen molar-refractivity contribution in [3.8, 4) is 0 Å². The molecule has 1 aromatic heterocycles. The maximum Gasteiger partial charge on any atom is 0.417 e. The number of amides is 1. The standard InChI is InChI=1S/C14H17F3N2O2/c1-19(11-4-2-3-5-12(11)20)13(21)10-7-6-9(8-18-10)14(15,16)17/h6-8,11-12,20H,2-5H2,1H3. The Morgan fingerprint density at radius 3 is 2.52 bits per heavy atom. The lowest BCUT2D eigenvalue weighted by molar-refractivity contribution is -0.137. The highest BCUT2D eigenvalue weighted by Gasteiger charge is 2.33. The van der Waals surface area contributed by atoms with Gasteiger partial charge in [0.05, 0.1) is 17.7 Å². The summed E-state index contributed by atoms with van der Waals surface area (Å²) in [5, 5.41) is 9.92. The maximum atomic E-state index is 12.5. The van der Waals surface area contributed by atoms with E-state index in [1.807, 2.05) is 0 Å². The van der Waals surface area contributed by atoms with Gasteiger partial charge < -0.3 is 10.0 Å². The summed E-state index contributed by atoms with van der Waals surface area (Å²) in [6.07, 6.45) is -1.27. The lowest BCUT2D eigenvalue weighted by Crippen LogP contribution is -2.46. The second-order valence-corrected chi connectivity index (χ2v) is 5.27. The lowest BCUT2D eigenvalue weighted by atomic mass is 9.91. The molecule has 4 nitrogen and oxygen atoms in total. The summed E-state index contributed by atoms with van der Waals surface area (Å²) in [5.41, 5.74) is -0.942. The molecule has 1 amide bonds. The fourth-order valence-corrected chi connectivity index (χ4v) is 2.56. The summed E-state index contributed by atoms with van der Waals surface area (Å²) in [6, 6.07) is 1.60. The molecule has 0 saturated heterocycles. The van der Waals surface area contributed by atoms with Gasteiger partial charge in [0, 0.05) is 13.2 Å². The molecule has 2 rings (SSSR count). The number of pyridine rings is 1. The first-order valence-electron chi connectivity index (χ1n) is 6.79. The number of halogens is 3. The van der Waals surface area contributed by atoms with Crippen molar-refractivity contribution < 1.29 is 23.1 Å². The second-order valence-electron chi connectivity index (χ2n) is 5.27. The maximum absolute atomic E-state index is 12.5. The van der Waals surface area contributed by atoms with Gasteiger partial charge in [-0.3, -0.25) is 9.78 Å². The molecule has 1 aromatic rings.